The number of para-hydroxylation sites is 3. The molecule has 0 bridgehead atoms. The van der Waals surface area contributed by atoms with Crippen LogP contribution >= 0.6 is 0 Å². The molecule has 0 aliphatic heterocycles. The van der Waals surface area contributed by atoms with E-state index in [9.17, 15) is 4.39 Å². The first kappa shape index (κ1) is 15.3. The van der Waals surface area contributed by atoms with Crippen LogP contribution in [0.4, 0.5) is 4.39 Å². The lowest BCUT2D eigenvalue weighted by molar-refractivity contribution is 0.368. The summed E-state index contributed by atoms with van der Waals surface area (Å²) < 4.78 is 25.1. The molecule has 1 N–H and O–H groups in total. The fourth-order valence-corrected chi connectivity index (χ4v) is 2.02. The zero-order chi connectivity index (χ0) is 15.1. The predicted octanol–water partition coefficient (Wildman–Crippen LogP) is 4.13. The molecule has 2 aromatic rings. The standard InChI is InChI=1S/C17H20FNO2/c1-3-11-19-12-13-7-6-8-14(18)17(13)21-16-10-5-4-9-15(16)20-2/h4-10,19H,3,11-12H2,1-2H3. The highest BCUT2D eigenvalue weighted by Gasteiger charge is 2.13. The van der Waals surface area contributed by atoms with Gasteiger partial charge in [-0.25, -0.2) is 4.39 Å². The predicted molar refractivity (Wildman–Crippen MR) is 81.5 cm³/mol. The zero-order valence-electron chi connectivity index (χ0n) is 12.4. The van der Waals surface area contributed by atoms with Crippen molar-refractivity contribution in [2.45, 2.75) is 19.9 Å². The van der Waals surface area contributed by atoms with E-state index in [2.05, 4.69) is 12.2 Å². The Bertz CT molecular complexity index is 587. The van der Waals surface area contributed by atoms with Gasteiger partial charge in [0.1, 0.15) is 0 Å². The maximum atomic E-state index is 14.1. The summed E-state index contributed by atoms with van der Waals surface area (Å²) in [6.07, 6.45) is 1.03. The van der Waals surface area contributed by atoms with Crippen molar-refractivity contribution >= 4 is 0 Å². The van der Waals surface area contributed by atoms with Crippen molar-refractivity contribution in [1.29, 1.82) is 0 Å². The third-order valence-electron chi connectivity index (χ3n) is 3.07. The number of nitrogens with one attached hydrogen (secondary N) is 1. The van der Waals surface area contributed by atoms with Gasteiger partial charge in [-0.1, -0.05) is 31.2 Å². The molecule has 2 aromatic carbocycles. The van der Waals surface area contributed by atoms with E-state index >= 15 is 0 Å². The highest BCUT2D eigenvalue weighted by atomic mass is 19.1. The molecule has 0 amide bonds. The van der Waals surface area contributed by atoms with Crippen LogP contribution in [0, 0.1) is 5.82 Å². The molecule has 0 radical (unpaired) electrons. The van der Waals surface area contributed by atoms with E-state index in [1.807, 2.05) is 18.2 Å². The number of hydrogen-bond donors (Lipinski definition) is 1. The van der Waals surface area contributed by atoms with Crippen LogP contribution < -0.4 is 14.8 Å². The number of benzene rings is 2. The van der Waals surface area contributed by atoms with Crippen LogP contribution in [0.3, 0.4) is 0 Å². The van der Waals surface area contributed by atoms with Crippen molar-refractivity contribution in [3.05, 3.63) is 53.8 Å². The Morgan fingerprint density at radius 1 is 1.05 bits per heavy atom. The lowest BCUT2D eigenvalue weighted by atomic mass is 10.2. The smallest absolute Gasteiger partial charge is 0.169 e. The molecule has 0 spiro atoms. The maximum Gasteiger partial charge on any atom is 0.169 e. The van der Waals surface area contributed by atoms with Crippen LogP contribution in [0.2, 0.25) is 0 Å². The van der Waals surface area contributed by atoms with Crippen LogP contribution in [-0.2, 0) is 6.54 Å². The maximum absolute atomic E-state index is 14.1. The van der Waals surface area contributed by atoms with Crippen molar-refractivity contribution in [3.8, 4) is 17.2 Å². The monoisotopic (exact) mass is 289 g/mol. The molecule has 0 aromatic heterocycles. The number of methoxy groups -OCH3 is 1. The van der Waals surface area contributed by atoms with E-state index in [1.54, 1.807) is 25.3 Å². The van der Waals surface area contributed by atoms with Crippen LogP contribution in [-0.4, -0.2) is 13.7 Å². The Kier molecular flexibility index (Phi) is 5.58. The Morgan fingerprint density at radius 3 is 2.52 bits per heavy atom. The molecule has 0 heterocycles. The summed E-state index contributed by atoms with van der Waals surface area (Å²) >= 11 is 0. The molecule has 21 heavy (non-hydrogen) atoms. The summed E-state index contributed by atoms with van der Waals surface area (Å²) in [6, 6.07) is 12.2. The molecule has 0 unspecified atom stereocenters. The van der Waals surface area contributed by atoms with Crippen molar-refractivity contribution in [2.75, 3.05) is 13.7 Å². The van der Waals surface area contributed by atoms with Crippen LogP contribution in [0.25, 0.3) is 0 Å². The summed E-state index contributed by atoms with van der Waals surface area (Å²) in [4.78, 5) is 0. The van der Waals surface area contributed by atoms with Gasteiger partial charge in [0, 0.05) is 12.1 Å². The minimum absolute atomic E-state index is 0.241. The molecule has 0 aliphatic rings. The molecular formula is C17H20FNO2. The summed E-state index contributed by atoms with van der Waals surface area (Å²) in [7, 11) is 1.56. The molecule has 3 nitrogen and oxygen atoms in total. The topological polar surface area (TPSA) is 30.5 Å². The minimum Gasteiger partial charge on any atom is -0.493 e. The summed E-state index contributed by atoms with van der Waals surface area (Å²) in [5.74, 6) is 0.942. The summed E-state index contributed by atoms with van der Waals surface area (Å²) in [5, 5.41) is 3.26. The van der Waals surface area contributed by atoms with E-state index in [0.29, 0.717) is 18.0 Å². The lowest BCUT2D eigenvalue weighted by Crippen LogP contribution is -2.14. The Hall–Kier alpha value is -2.07. The molecule has 0 saturated carbocycles. The SMILES string of the molecule is CCCNCc1cccc(F)c1Oc1ccccc1OC. The molecule has 112 valence electrons. The Labute approximate surface area is 124 Å². The van der Waals surface area contributed by atoms with Crippen LogP contribution in [0.15, 0.2) is 42.5 Å². The van der Waals surface area contributed by atoms with Gasteiger partial charge in [-0.2, -0.15) is 0 Å². The quantitative estimate of drug-likeness (QED) is 0.778. The van der Waals surface area contributed by atoms with E-state index in [-0.39, 0.29) is 11.6 Å². The molecule has 0 saturated heterocycles. The molecular weight excluding hydrogens is 269 g/mol. The van der Waals surface area contributed by atoms with Crippen LogP contribution in [0.5, 0.6) is 17.2 Å². The number of ether oxygens (including phenoxy) is 2. The fraction of sp³-hybridized carbons (Fsp3) is 0.294. The number of rotatable bonds is 7. The first-order chi connectivity index (χ1) is 10.3. The van der Waals surface area contributed by atoms with Gasteiger partial charge < -0.3 is 14.8 Å². The van der Waals surface area contributed by atoms with Gasteiger partial charge in [0.15, 0.2) is 23.1 Å². The zero-order valence-corrected chi connectivity index (χ0v) is 12.4. The third-order valence-corrected chi connectivity index (χ3v) is 3.07. The first-order valence-electron chi connectivity index (χ1n) is 7.05. The van der Waals surface area contributed by atoms with Gasteiger partial charge in [0.2, 0.25) is 0 Å². The normalized spacial score (nSPS) is 10.4. The largest absolute Gasteiger partial charge is 0.493 e. The first-order valence-corrected chi connectivity index (χ1v) is 7.05. The van der Waals surface area contributed by atoms with E-state index in [0.717, 1.165) is 18.5 Å². The second-order valence-electron chi connectivity index (χ2n) is 4.66. The average Bonchev–Trinajstić information content (AvgIpc) is 2.51. The molecule has 0 fully saturated rings. The second kappa shape index (κ2) is 7.64. The minimum atomic E-state index is -0.378. The molecule has 0 aliphatic carbocycles. The van der Waals surface area contributed by atoms with Crippen molar-refractivity contribution in [3.63, 3.8) is 0 Å². The number of halogens is 1. The molecule has 2 rings (SSSR count). The van der Waals surface area contributed by atoms with E-state index in [1.165, 1.54) is 6.07 Å². The Morgan fingerprint density at radius 2 is 1.81 bits per heavy atom. The highest BCUT2D eigenvalue weighted by Crippen LogP contribution is 2.34. The van der Waals surface area contributed by atoms with E-state index < -0.39 is 0 Å². The highest BCUT2D eigenvalue weighted by molar-refractivity contribution is 5.45. The van der Waals surface area contributed by atoms with Crippen molar-refractivity contribution in [1.82, 2.24) is 5.32 Å². The summed E-state index contributed by atoms with van der Waals surface area (Å²) in [5.41, 5.74) is 0.786. The lowest BCUT2D eigenvalue weighted by Gasteiger charge is -2.14. The van der Waals surface area contributed by atoms with E-state index in [4.69, 9.17) is 9.47 Å². The fourth-order valence-electron chi connectivity index (χ4n) is 2.02. The van der Waals surface area contributed by atoms with Gasteiger partial charge in [0.05, 0.1) is 7.11 Å². The van der Waals surface area contributed by atoms with Crippen molar-refractivity contribution in [2.24, 2.45) is 0 Å². The second-order valence-corrected chi connectivity index (χ2v) is 4.66. The average molecular weight is 289 g/mol. The Balaban J connectivity index is 2.25. The van der Waals surface area contributed by atoms with Gasteiger partial charge in [-0.15, -0.1) is 0 Å². The van der Waals surface area contributed by atoms with Crippen LogP contribution in [0.1, 0.15) is 18.9 Å². The third kappa shape index (κ3) is 3.95. The molecule has 0 atom stereocenters. The molecule has 4 heteroatoms. The summed E-state index contributed by atoms with van der Waals surface area (Å²) in [6.45, 7) is 3.53. The number of hydrogen-bond acceptors (Lipinski definition) is 3. The van der Waals surface area contributed by atoms with Gasteiger partial charge >= 0.3 is 0 Å². The van der Waals surface area contributed by atoms with Gasteiger partial charge in [0.25, 0.3) is 0 Å². The van der Waals surface area contributed by atoms with Crippen molar-refractivity contribution < 1.29 is 13.9 Å². The van der Waals surface area contributed by atoms with Gasteiger partial charge in [-0.05, 0) is 31.2 Å². The van der Waals surface area contributed by atoms with Gasteiger partial charge in [-0.3, -0.25) is 0 Å².